The summed E-state index contributed by atoms with van der Waals surface area (Å²) in [6.45, 7) is 1.38. The van der Waals surface area contributed by atoms with E-state index in [2.05, 4.69) is 0 Å². The van der Waals surface area contributed by atoms with E-state index in [0.29, 0.717) is 36.2 Å². The lowest BCUT2D eigenvalue weighted by molar-refractivity contribution is 0.170. The molecule has 6 heteroatoms. The second kappa shape index (κ2) is 4.11. The molecular weight excluding hydrogens is 266 g/mol. The molecule has 5 nitrogen and oxygen atoms in total. The van der Waals surface area contributed by atoms with Gasteiger partial charge in [-0.3, -0.25) is 0 Å². The van der Waals surface area contributed by atoms with Gasteiger partial charge in [-0.1, -0.05) is 0 Å². The van der Waals surface area contributed by atoms with Crippen LogP contribution in [-0.4, -0.2) is 34.4 Å². The summed E-state index contributed by atoms with van der Waals surface area (Å²) >= 11 is 0. The first-order chi connectivity index (χ1) is 8.96. The van der Waals surface area contributed by atoms with Crippen LogP contribution in [0, 0.1) is 0 Å². The zero-order valence-electron chi connectivity index (χ0n) is 10.8. The van der Waals surface area contributed by atoms with Crippen LogP contribution in [0.1, 0.15) is 18.4 Å². The Morgan fingerprint density at radius 3 is 2.26 bits per heavy atom. The van der Waals surface area contributed by atoms with Crippen molar-refractivity contribution in [2.45, 2.75) is 23.2 Å². The van der Waals surface area contributed by atoms with Gasteiger partial charge in [-0.15, -0.1) is 0 Å². The number of sulfone groups is 1. The van der Waals surface area contributed by atoms with Gasteiger partial charge < -0.3 is 15.2 Å². The number of fused-ring (bicyclic) bond motifs is 1. The van der Waals surface area contributed by atoms with E-state index in [1.165, 1.54) is 6.26 Å². The molecule has 1 heterocycles. The van der Waals surface area contributed by atoms with Gasteiger partial charge in [0.2, 0.25) is 0 Å². The van der Waals surface area contributed by atoms with Crippen LogP contribution in [-0.2, 0) is 15.3 Å². The zero-order valence-corrected chi connectivity index (χ0v) is 11.6. The summed E-state index contributed by atoms with van der Waals surface area (Å²) in [5, 5.41) is 0. The van der Waals surface area contributed by atoms with Crippen LogP contribution in [0.3, 0.4) is 0 Å². The average molecular weight is 283 g/mol. The number of hydrogen-bond donors (Lipinski definition) is 1. The summed E-state index contributed by atoms with van der Waals surface area (Å²) in [4.78, 5) is 0.319. The van der Waals surface area contributed by atoms with E-state index in [4.69, 9.17) is 15.2 Å². The van der Waals surface area contributed by atoms with Crippen molar-refractivity contribution in [3.05, 3.63) is 17.7 Å². The van der Waals surface area contributed by atoms with Crippen LogP contribution in [0.25, 0.3) is 0 Å². The monoisotopic (exact) mass is 283 g/mol. The fourth-order valence-corrected chi connectivity index (χ4v) is 3.52. The Balaban J connectivity index is 2.21. The Bertz CT molecular complexity index is 620. The molecular formula is C13H17NO4S. The third kappa shape index (κ3) is 2.08. The molecule has 0 radical (unpaired) electrons. The highest BCUT2D eigenvalue weighted by molar-refractivity contribution is 7.90. The van der Waals surface area contributed by atoms with Gasteiger partial charge >= 0.3 is 0 Å². The van der Waals surface area contributed by atoms with Gasteiger partial charge in [0.15, 0.2) is 21.3 Å². The standard InChI is InChI=1S/C13H17NO4S/c1-19(15,16)12-7-11-10(17-4-5-18-11)6-9(12)13(8-14)2-3-13/h6-7H,2-5,8,14H2,1H3. The third-order valence-corrected chi connectivity index (χ3v) is 5.00. The van der Waals surface area contributed by atoms with Crippen molar-refractivity contribution >= 4 is 9.84 Å². The van der Waals surface area contributed by atoms with Crippen LogP contribution in [0.2, 0.25) is 0 Å². The van der Waals surface area contributed by atoms with Crippen molar-refractivity contribution in [3.8, 4) is 11.5 Å². The first-order valence-corrected chi connectivity index (χ1v) is 8.20. The van der Waals surface area contributed by atoms with Crippen LogP contribution < -0.4 is 15.2 Å². The van der Waals surface area contributed by atoms with Crippen molar-refractivity contribution in [3.63, 3.8) is 0 Å². The van der Waals surface area contributed by atoms with E-state index in [9.17, 15) is 8.42 Å². The summed E-state index contributed by atoms with van der Waals surface area (Å²) in [6.07, 6.45) is 3.06. The Hall–Kier alpha value is -1.27. The van der Waals surface area contributed by atoms with Crippen LogP contribution in [0.4, 0.5) is 0 Å². The SMILES string of the molecule is CS(=O)(=O)c1cc2c(cc1C1(CN)CC1)OCCO2. The molecule has 3 rings (SSSR count). The summed E-state index contributed by atoms with van der Waals surface area (Å²) < 4.78 is 35.0. The maximum Gasteiger partial charge on any atom is 0.175 e. The van der Waals surface area contributed by atoms with Crippen LogP contribution in [0.15, 0.2) is 17.0 Å². The zero-order chi connectivity index (χ0) is 13.7. The van der Waals surface area contributed by atoms with Crippen molar-refractivity contribution in [2.75, 3.05) is 26.0 Å². The molecule has 1 aromatic rings. The molecule has 1 aliphatic carbocycles. The van der Waals surface area contributed by atoms with E-state index in [1.807, 2.05) is 0 Å². The van der Waals surface area contributed by atoms with Crippen molar-refractivity contribution in [1.82, 2.24) is 0 Å². The first kappa shape index (κ1) is 12.7. The Morgan fingerprint density at radius 1 is 1.21 bits per heavy atom. The molecule has 19 heavy (non-hydrogen) atoms. The minimum Gasteiger partial charge on any atom is -0.486 e. The van der Waals surface area contributed by atoms with Crippen molar-refractivity contribution in [2.24, 2.45) is 5.73 Å². The van der Waals surface area contributed by atoms with Gasteiger partial charge in [0, 0.05) is 24.3 Å². The highest BCUT2D eigenvalue weighted by Gasteiger charge is 2.46. The van der Waals surface area contributed by atoms with Gasteiger partial charge in [0.05, 0.1) is 4.90 Å². The molecule has 1 saturated carbocycles. The van der Waals surface area contributed by atoms with E-state index in [1.54, 1.807) is 12.1 Å². The van der Waals surface area contributed by atoms with Gasteiger partial charge in [-0.2, -0.15) is 0 Å². The second-order valence-corrected chi connectivity index (χ2v) is 7.23. The molecule has 2 aliphatic rings. The number of nitrogens with two attached hydrogens (primary N) is 1. The van der Waals surface area contributed by atoms with Gasteiger partial charge in [0.25, 0.3) is 0 Å². The number of benzene rings is 1. The second-order valence-electron chi connectivity index (χ2n) is 5.25. The normalized spacial score (nSPS) is 20.1. The Kier molecular flexibility index (Phi) is 2.76. The number of hydrogen-bond acceptors (Lipinski definition) is 5. The molecule has 0 atom stereocenters. The fraction of sp³-hybridized carbons (Fsp3) is 0.538. The maximum atomic E-state index is 12.0. The molecule has 104 valence electrons. The molecule has 0 saturated heterocycles. The topological polar surface area (TPSA) is 78.6 Å². The quantitative estimate of drug-likeness (QED) is 0.889. The Morgan fingerprint density at radius 2 is 1.79 bits per heavy atom. The number of ether oxygens (including phenoxy) is 2. The fourth-order valence-electron chi connectivity index (χ4n) is 2.53. The van der Waals surface area contributed by atoms with Gasteiger partial charge in [-0.25, -0.2) is 8.42 Å². The minimum atomic E-state index is -3.31. The maximum absolute atomic E-state index is 12.0. The van der Waals surface area contributed by atoms with Crippen LogP contribution >= 0.6 is 0 Å². The van der Waals surface area contributed by atoms with E-state index in [0.717, 1.165) is 18.4 Å². The minimum absolute atomic E-state index is 0.200. The predicted octanol–water partition coefficient (Wildman–Crippen LogP) is 0.852. The molecule has 2 N–H and O–H groups in total. The summed E-state index contributed by atoms with van der Waals surface area (Å²) in [6, 6.07) is 3.37. The molecule has 1 aromatic carbocycles. The lowest BCUT2D eigenvalue weighted by Gasteiger charge is -2.23. The lowest BCUT2D eigenvalue weighted by Crippen LogP contribution is -2.24. The summed E-state index contributed by atoms with van der Waals surface area (Å²) in [7, 11) is -3.31. The molecule has 0 bridgehead atoms. The highest BCUT2D eigenvalue weighted by Crippen LogP contribution is 2.51. The summed E-state index contributed by atoms with van der Waals surface area (Å²) in [5.41, 5.74) is 6.40. The van der Waals surface area contributed by atoms with Crippen molar-refractivity contribution in [1.29, 1.82) is 0 Å². The Labute approximate surface area is 112 Å². The molecule has 0 amide bonds. The molecule has 0 unspecified atom stereocenters. The summed E-state index contributed by atoms with van der Waals surface area (Å²) in [5.74, 6) is 1.12. The van der Waals surface area contributed by atoms with Crippen molar-refractivity contribution < 1.29 is 17.9 Å². The largest absolute Gasteiger partial charge is 0.486 e. The lowest BCUT2D eigenvalue weighted by atomic mass is 9.95. The van der Waals surface area contributed by atoms with Crippen LogP contribution in [0.5, 0.6) is 11.5 Å². The number of rotatable bonds is 3. The molecule has 1 aliphatic heterocycles. The predicted molar refractivity (Wildman–Crippen MR) is 70.5 cm³/mol. The van der Waals surface area contributed by atoms with E-state index in [-0.39, 0.29) is 5.41 Å². The van der Waals surface area contributed by atoms with Gasteiger partial charge in [0.1, 0.15) is 13.2 Å². The smallest absolute Gasteiger partial charge is 0.175 e. The average Bonchev–Trinajstić information content (AvgIpc) is 3.17. The first-order valence-electron chi connectivity index (χ1n) is 6.30. The molecule has 0 spiro atoms. The third-order valence-electron chi connectivity index (χ3n) is 3.86. The molecule has 1 fully saturated rings. The van der Waals surface area contributed by atoms with E-state index < -0.39 is 9.84 Å². The molecule has 0 aromatic heterocycles. The highest BCUT2D eigenvalue weighted by atomic mass is 32.2. The van der Waals surface area contributed by atoms with Gasteiger partial charge in [-0.05, 0) is 24.5 Å². The van der Waals surface area contributed by atoms with E-state index >= 15 is 0 Å².